The first-order chi connectivity index (χ1) is 18.4. The number of carboxylic acids is 1. The number of alkyl halides is 3. The van der Waals surface area contributed by atoms with E-state index < -0.39 is 30.9 Å². The van der Waals surface area contributed by atoms with Crippen LogP contribution in [0.1, 0.15) is 35.6 Å². The molecule has 0 bridgehead atoms. The number of anilines is 1. The summed E-state index contributed by atoms with van der Waals surface area (Å²) in [5.41, 5.74) is 4.44. The van der Waals surface area contributed by atoms with Crippen LogP contribution in [0.3, 0.4) is 0 Å². The number of aryl methyl sites for hydroxylation is 3. The number of hydrogen-bond donors (Lipinski definition) is 2. The number of carbonyl (C=O) groups excluding carboxylic acids is 1. The maximum atomic E-state index is 13.1. The Bertz CT molecular complexity index is 1080. The second-order valence-electron chi connectivity index (χ2n) is 9.17. The summed E-state index contributed by atoms with van der Waals surface area (Å²) in [4.78, 5) is 25.8. The minimum atomic E-state index is -4.40. The largest absolute Gasteiger partial charge is 0.492 e. The molecule has 216 valence electrons. The van der Waals surface area contributed by atoms with Crippen LogP contribution in [0.25, 0.3) is 0 Å². The summed E-state index contributed by atoms with van der Waals surface area (Å²) in [5.74, 6) is -0.503. The topological polar surface area (TPSA) is 97.3 Å². The van der Waals surface area contributed by atoms with Crippen molar-refractivity contribution >= 4 is 17.7 Å². The maximum Gasteiger partial charge on any atom is 0.411 e. The Balaban J connectivity index is 1.98. The summed E-state index contributed by atoms with van der Waals surface area (Å²) in [7, 11) is 0. The van der Waals surface area contributed by atoms with Crippen molar-refractivity contribution in [2.75, 3.05) is 44.8 Å². The molecule has 0 radical (unpaired) electrons. The Hall–Kier alpha value is -3.31. The highest BCUT2D eigenvalue weighted by Crippen LogP contribution is 2.21. The van der Waals surface area contributed by atoms with Gasteiger partial charge < -0.3 is 29.5 Å². The van der Waals surface area contributed by atoms with Crippen molar-refractivity contribution in [1.82, 2.24) is 4.90 Å². The molecule has 0 aliphatic carbocycles. The van der Waals surface area contributed by atoms with Crippen LogP contribution in [0.2, 0.25) is 0 Å². The molecule has 0 fully saturated rings. The van der Waals surface area contributed by atoms with Gasteiger partial charge in [-0.15, -0.1) is 0 Å². The molecule has 11 heteroatoms. The lowest BCUT2D eigenvalue weighted by atomic mass is 10.1. The van der Waals surface area contributed by atoms with Gasteiger partial charge in [0.2, 0.25) is 0 Å². The van der Waals surface area contributed by atoms with Crippen molar-refractivity contribution in [3.8, 4) is 5.75 Å². The third-order valence-corrected chi connectivity index (χ3v) is 5.97. The normalized spacial score (nSPS) is 12.2. The third kappa shape index (κ3) is 11.5. The Morgan fingerprint density at radius 3 is 2.28 bits per heavy atom. The van der Waals surface area contributed by atoms with Gasteiger partial charge in [-0.25, -0.2) is 9.59 Å². The minimum absolute atomic E-state index is 0.138. The molecule has 1 unspecified atom stereocenters. The smallest absolute Gasteiger partial charge is 0.411 e. The van der Waals surface area contributed by atoms with Crippen LogP contribution in [0, 0.1) is 20.8 Å². The van der Waals surface area contributed by atoms with Gasteiger partial charge in [-0.05, 0) is 74.6 Å². The second-order valence-corrected chi connectivity index (χ2v) is 9.17. The Labute approximate surface area is 227 Å². The van der Waals surface area contributed by atoms with Crippen molar-refractivity contribution in [3.63, 3.8) is 0 Å². The predicted octanol–water partition coefficient (Wildman–Crippen LogP) is 5.53. The zero-order valence-corrected chi connectivity index (χ0v) is 22.8. The van der Waals surface area contributed by atoms with E-state index in [0.29, 0.717) is 18.0 Å². The van der Waals surface area contributed by atoms with Gasteiger partial charge in [-0.3, -0.25) is 0 Å². The van der Waals surface area contributed by atoms with Crippen LogP contribution in [-0.4, -0.2) is 73.8 Å². The first kappa shape index (κ1) is 31.9. The van der Waals surface area contributed by atoms with E-state index in [1.807, 2.05) is 32.9 Å². The summed E-state index contributed by atoms with van der Waals surface area (Å²) < 4.78 is 52.7. The number of nitrogens with one attached hydrogen (secondary N) is 1. The van der Waals surface area contributed by atoms with Crippen LogP contribution in [0.5, 0.6) is 5.75 Å². The molecular weight excluding hydrogens is 517 g/mol. The maximum absolute atomic E-state index is 13.1. The van der Waals surface area contributed by atoms with Gasteiger partial charge in [0.25, 0.3) is 0 Å². The van der Waals surface area contributed by atoms with Gasteiger partial charge >= 0.3 is 18.2 Å². The molecule has 8 nitrogen and oxygen atoms in total. The first-order valence-corrected chi connectivity index (χ1v) is 12.7. The SMILES string of the molecule is CCOC(Cc1ccc(OCCN(CCCOCC(F)(F)F)C(=O)Nc2cc(C)c(C)cc2C)cc1)C(=O)O. The number of benzene rings is 2. The number of carboxylic acid groups (broad SMARTS) is 1. The Kier molecular flexibility index (Phi) is 12.5. The lowest BCUT2D eigenvalue weighted by Crippen LogP contribution is -2.39. The molecule has 2 amide bonds. The van der Waals surface area contributed by atoms with E-state index >= 15 is 0 Å². The fraction of sp³-hybridized carbons (Fsp3) is 0.500. The molecule has 2 rings (SSSR count). The number of aliphatic carboxylic acids is 1. The molecule has 0 saturated heterocycles. The van der Waals surface area contributed by atoms with Crippen LogP contribution >= 0.6 is 0 Å². The van der Waals surface area contributed by atoms with E-state index in [2.05, 4.69) is 10.1 Å². The molecule has 2 aromatic rings. The number of hydrogen-bond acceptors (Lipinski definition) is 5. The number of carbonyl (C=O) groups is 2. The third-order valence-electron chi connectivity index (χ3n) is 5.97. The lowest BCUT2D eigenvalue weighted by molar-refractivity contribution is -0.174. The minimum Gasteiger partial charge on any atom is -0.492 e. The standard InChI is InChI=1S/C28H37F3N2O6/c1-5-38-25(26(34)35)17-22-7-9-23(10-8-22)39-14-12-33(11-6-13-37-18-28(29,30)31)27(36)32-24-16-20(3)19(2)15-21(24)4/h7-10,15-16,25H,5-6,11-14,17-18H2,1-4H3,(H,32,36)(H,34,35). The number of rotatable bonds is 15. The monoisotopic (exact) mass is 554 g/mol. The van der Waals surface area contributed by atoms with Gasteiger partial charge in [-0.1, -0.05) is 18.2 Å². The lowest BCUT2D eigenvalue weighted by Gasteiger charge is -2.24. The molecule has 2 aromatic carbocycles. The Morgan fingerprint density at radius 1 is 1.00 bits per heavy atom. The fourth-order valence-corrected chi connectivity index (χ4v) is 3.78. The van der Waals surface area contributed by atoms with E-state index in [1.54, 1.807) is 31.2 Å². The summed E-state index contributed by atoms with van der Waals surface area (Å²) in [5, 5.41) is 12.1. The van der Waals surface area contributed by atoms with Gasteiger partial charge in [-0.2, -0.15) is 13.2 Å². The number of urea groups is 1. The van der Waals surface area contributed by atoms with Crippen molar-refractivity contribution in [2.45, 2.75) is 52.8 Å². The first-order valence-electron chi connectivity index (χ1n) is 12.7. The highest BCUT2D eigenvalue weighted by Gasteiger charge is 2.27. The van der Waals surface area contributed by atoms with Crippen LogP contribution in [0.15, 0.2) is 36.4 Å². The average Bonchev–Trinajstić information content (AvgIpc) is 2.85. The second kappa shape index (κ2) is 15.3. The molecule has 0 aromatic heterocycles. The van der Waals surface area contributed by atoms with E-state index in [1.165, 1.54) is 4.90 Å². The van der Waals surface area contributed by atoms with E-state index in [0.717, 1.165) is 22.3 Å². The van der Waals surface area contributed by atoms with Gasteiger partial charge in [0.1, 0.15) is 19.0 Å². The predicted molar refractivity (Wildman–Crippen MR) is 141 cm³/mol. The van der Waals surface area contributed by atoms with Gasteiger partial charge in [0.15, 0.2) is 6.10 Å². The summed E-state index contributed by atoms with van der Waals surface area (Å²) >= 11 is 0. The quantitative estimate of drug-likeness (QED) is 0.281. The van der Waals surface area contributed by atoms with E-state index in [-0.39, 0.29) is 39.1 Å². The molecule has 1 atom stereocenters. The molecule has 2 N–H and O–H groups in total. The summed E-state index contributed by atoms with van der Waals surface area (Å²) in [6.45, 7) is 6.84. The van der Waals surface area contributed by atoms with Crippen molar-refractivity contribution in [3.05, 3.63) is 58.7 Å². The molecule has 39 heavy (non-hydrogen) atoms. The van der Waals surface area contributed by atoms with E-state index in [4.69, 9.17) is 9.47 Å². The molecule has 0 spiro atoms. The molecular formula is C28H37F3N2O6. The zero-order valence-electron chi connectivity index (χ0n) is 22.8. The van der Waals surface area contributed by atoms with E-state index in [9.17, 15) is 27.9 Å². The zero-order chi connectivity index (χ0) is 29.0. The van der Waals surface area contributed by atoms with Gasteiger partial charge in [0, 0.05) is 31.9 Å². The van der Waals surface area contributed by atoms with Crippen molar-refractivity contribution < 1.29 is 42.1 Å². The average molecular weight is 555 g/mol. The summed E-state index contributed by atoms with van der Waals surface area (Å²) in [6.07, 6.45) is -4.91. The van der Waals surface area contributed by atoms with Crippen LogP contribution in [0.4, 0.5) is 23.7 Å². The van der Waals surface area contributed by atoms with Crippen molar-refractivity contribution in [1.29, 1.82) is 0 Å². The highest BCUT2D eigenvalue weighted by molar-refractivity contribution is 5.90. The highest BCUT2D eigenvalue weighted by atomic mass is 19.4. The fourth-order valence-electron chi connectivity index (χ4n) is 3.78. The number of ether oxygens (including phenoxy) is 3. The van der Waals surface area contributed by atoms with Gasteiger partial charge in [0.05, 0.1) is 6.54 Å². The number of halogens is 3. The molecule has 0 saturated carbocycles. The Morgan fingerprint density at radius 2 is 1.67 bits per heavy atom. The van der Waals surface area contributed by atoms with Crippen LogP contribution < -0.4 is 10.1 Å². The number of nitrogens with zero attached hydrogens (tertiary/aromatic N) is 1. The molecule has 0 aliphatic rings. The molecule has 0 heterocycles. The molecule has 0 aliphatic heterocycles. The van der Waals surface area contributed by atoms with Crippen molar-refractivity contribution in [2.24, 2.45) is 0 Å². The summed E-state index contributed by atoms with van der Waals surface area (Å²) in [6, 6.07) is 10.4. The van der Waals surface area contributed by atoms with Crippen LogP contribution in [-0.2, 0) is 20.7 Å². The number of amides is 2.